The number of carbonyl (C=O) groups is 1. The van der Waals surface area contributed by atoms with Crippen molar-refractivity contribution in [3.8, 4) is 0 Å². The molecule has 1 aromatic carbocycles. The first-order valence-electron chi connectivity index (χ1n) is 5.32. The summed E-state index contributed by atoms with van der Waals surface area (Å²) in [5.41, 5.74) is 1.38. The van der Waals surface area contributed by atoms with Crippen molar-refractivity contribution in [1.29, 1.82) is 0 Å². The fourth-order valence-electron chi connectivity index (χ4n) is 1.93. The van der Waals surface area contributed by atoms with E-state index in [2.05, 4.69) is 4.98 Å². The van der Waals surface area contributed by atoms with Crippen LogP contribution in [0.3, 0.4) is 0 Å². The quantitative estimate of drug-likeness (QED) is 0.670. The van der Waals surface area contributed by atoms with E-state index in [1.54, 1.807) is 18.3 Å². The van der Waals surface area contributed by atoms with Crippen LogP contribution in [0.15, 0.2) is 30.5 Å². The Labute approximate surface area is 121 Å². The SMILES string of the molecule is O=C(c1cc(Cl)sc1Cl)c1c[nH]c2cc(F)ccc12. The number of hydrogen-bond donors (Lipinski definition) is 1. The van der Waals surface area contributed by atoms with E-state index in [4.69, 9.17) is 23.2 Å². The molecule has 96 valence electrons. The van der Waals surface area contributed by atoms with Crippen LogP contribution in [0.5, 0.6) is 0 Å². The number of thiophene rings is 1. The number of fused-ring (bicyclic) bond motifs is 1. The summed E-state index contributed by atoms with van der Waals surface area (Å²) in [6.07, 6.45) is 1.55. The van der Waals surface area contributed by atoms with Crippen molar-refractivity contribution in [2.45, 2.75) is 0 Å². The number of halogens is 3. The van der Waals surface area contributed by atoms with E-state index in [1.807, 2.05) is 0 Å². The molecule has 0 radical (unpaired) electrons. The van der Waals surface area contributed by atoms with Gasteiger partial charge < -0.3 is 4.98 Å². The first-order valence-corrected chi connectivity index (χ1v) is 6.89. The summed E-state index contributed by atoms with van der Waals surface area (Å²) in [7, 11) is 0. The molecule has 2 aromatic heterocycles. The highest BCUT2D eigenvalue weighted by atomic mass is 35.5. The van der Waals surface area contributed by atoms with Crippen LogP contribution in [-0.2, 0) is 0 Å². The second-order valence-corrected chi connectivity index (χ2v) is 6.24. The van der Waals surface area contributed by atoms with Gasteiger partial charge >= 0.3 is 0 Å². The Hall–Kier alpha value is -1.36. The Morgan fingerprint density at radius 3 is 2.68 bits per heavy atom. The monoisotopic (exact) mass is 313 g/mol. The van der Waals surface area contributed by atoms with Crippen molar-refractivity contribution in [2.75, 3.05) is 0 Å². The minimum atomic E-state index is -0.357. The molecule has 1 N–H and O–H groups in total. The van der Waals surface area contributed by atoms with Crippen molar-refractivity contribution < 1.29 is 9.18 Å². The third-order valence-corrected chi connectivity index (χ3v) is 4.28. The maximum Gasteiger partial charge on any atom is 0.197 e. The van der Waals surface area contributed by atoms with Crippen molar-refractivity contribution in [1.82, 2.24) is 4.98 Å². The minimum absolute atomic E-state index is 0.231. The molecule has 0 aliphatic carbocycles. The van der Waals surface area contributed by atoms with E-state index in [0.29, 0.717) is 30.7 Å². The lowest BCUT2D eigenvalue weighted by Crippen LogP contribution is -1.98. The summed E-state index contributed by atoms with van der Waals surface area (Å²) in [5.74, 6) is -0.587. The Morgan fingerprint density at radius 2 is 2.00 bits per heavy atom. The molecule has 0 saturated heterocycles. The fourth-order valence-corrected chi connectivity index (χ4v) is 3.38. The molecule has 0 spiro atoms. The van der Waals surface area contributed by atoms with E-state index >= 15 is 0 Å². The molecule has 3 rings (SSSR count). The summed E-state index contributed by atoms with van der Waals surface area (Å²) in [5, 5.41) is 0.657. The van der Waals surface area contributed by atoms with E-state index in [0.717, 1.165) is 11.3 Å². The lowest BCUT2D eigenvalue weighted by Gasteiger charge is -1.97. The van der Waals surface area contributed by atoms with Gasteiger partial charge in [0.15, 0.2) is 5.78 Å². The van der Waals surface area contributed by atoms with Gasteiger partial charge in [0.2, 0.25) is 0 Å². The molecule has 0 unspecified atom stereocenters. The first-order chi connectivity index (χ1) is 9.06. The van der Waals surface area contributed by atoms with Gasteiger partial charge in [-0.2, -0.15) is 0 Å². The van der Waals surface area contributed by atoms with Gasteiger partial charge in [0.1, 0.15) is 10.2 Å². The van der Waals surface area contributed by atoms with Crippen molar-refractivity contribution in [3.63, 3.8) is 0 Å². The summed E-state index contributed by atoms with van der Waals surface area (Å²) in [4.78, 5) is 15.3. The number of carbonyl (C=O) groups excluding carboxylic acids is 1. The molecule has 0 saturated carbocycles. The van der Waals surface area contributed by atoms with E-state index < -0.39 is 0 Å². The van der Waals surface area contributed by atoms with Gasteiger partial charge in [-0.1, -0.05) is 23.2 Å². The molecule has 0 atom stereocenters. The molecule has 3 aromatic rings. The smallest absolute Gasteiger partial charge is 0.197 e. The van der Waals surface area contributed by atoms with Crippen LogP contribution in [-0.4, -0.2) is 10.8 Å². The molecule has 0 aliphatic heterocycles. The zero-order chi connectivity index (χ0) is 13.6. The number of aromatic nitrogens is 1. The zero-order valence-electron chi connectivity index (χ0n) is 9.34. The Balaban J connectivity index is 2.14. The average Bonchev–Trinajstić information content (AvgIpc) is 2.91. The van der Waals surface area contributed by atoms with Crippen LogP contribution in [0.4, 0.5) is 4.39 Å². The Kier molecular flexibility index (Phi) is 3.09. The standard InChI is InChI=1S/C13H6Cl2FNOS/c14-11-4-8(13(15)19-11)12(18)9-5-17-10-3-6(16)1-2-7(9)10/h1-5,17H. The topological polar surface area (TPSA) is 32.9 Å². The first kappa shape index (κ1) is 12.7. The van der Waals surface area contributed by atoms with Crippen molar-refractivity contribution >= 4 is 51.2 Å². The molecular weight excluding hydrogens is 308 g/mol. The lowest BCUT2D eigenvalue weighted by atomic mass is 10.1. The molecule has 2 heterocycles. The van der Waals surface area contributed by atoms with Gasteiger partial charge in [-0.25, -0.2) is 4.39 Å². The van der Waals surface area contributed by atoms with Crippen LogP contribution >= 0.6 is 34.5 Å². The van der Waals surface area contributed by atoms with Gasteiger partial charge in [0, 0.05) is 22.7 Å². The van der Waals surface area contributed by atoms with E-state index in [1.165, 1.54) is 12.1 Å². The maximum atomic E-state index is 13.1. The van der Waals surface area contributed by atoms with Crippen molar-refractivity contribution in [3.05, 3.63) is 56.1 Å². The predicted octanol–water partition coefficient (Wildman–Crippen LogP) is 4.91. The van der Waals surface area contributed by atoms with Crippen LogP contribution in [0.25, 0.3) is 10.9 Å². The van der Waals surface area contributed by atoms with Gasteiger partial charge in [-0.15, -0.1) is 11.3 Å². The number of H-pyrrole nitrogens is 1. The molecule has 0 fully saturated rings. The number of benzene rings is 1. The fraction of sp³-hybridized carbons (Fsp3) is 0. The van der Waals surface area contributed by atoms with Crippen LogP contribution < -0.4 is 0 Å². The second kappa shape index (κ2) is 4.63. The van der Waals surface area contributed by atoms with E-state index in [-0.39, 0.29) is 11.6 Å². The van der Waals surface area contributed by atoms with E-state index in [9.17, 15) is 9.18 Å². The Bertz CT molecular complexity index is 793. The number of hydrogen-bond acceptors (Lipinski definition) is 2. The molecule has 0 bridgehead atoms. The zero-order valence-corrected chi connectivity index (χ0v) is 11.7. The third kappa shape index (κ3) is 2.16. The summed E-state index contributed by atoms with van der Waals surface area (Å²) >= 11 is 13.0. The summed E-state index contributed by atoms with van der Waals surface area (Å²) < 4.78 is 13.9. The number of ketones is 1. The molecular formula is C13H6Cl2FNOS. The number of aromatic amines is 1. The second-order valence-electron chi connectivity index (χ2n) is 3.96. The van der Waals surface area contributed by atoms with Gasteiger partial charge in [-0.05, 0) is 24.3 Å². The van der Waals surface area contributed by atoms with Crippen LogP contribution in [0.2, 0.25) is 8.67 Å². The Morgan fingerprint density at radius 1 is 1.21 bits per heavy atom. The van der Waals surface area contributed by atoms with Gasteiger partial charge in [0.25, 0.3) is 0 Å². The number of rotatable bonds is 2. The van der Waals surface area contributed by atoms with Gasteiger partial charge in [0.05, 0.1) is 9.90 Å². The third-order valence-electron chi connectivity index (χ3n) is 2.79. The van der Waals surface area contributed by atoms with Crippen LogP contribution in [0, 0.1) is 5.82 Å². The maximum absolute atomic E-state index is 13.1. The lowest BCUT2D eigenvalue weighted by molar-refractivity contribution is 0.104. The highest BCUT2D eigenvalue weighted by molar-refractivity contribution is 7.20. The normalized spacial score (nSPS) is 11.1. The average molecular weight is 314 g/mol. The highest BCUT2D eigenvalue weighted by Gasteiger charge is 2.19. The summed E-state index contributed by atoms with van der Waals surface area (Å²) in [6.45, 7) is 0. The molecule has 0 aliphatic rings. The predicted molar refractivity (Wildman–Crippen MR) is 76.0 cm³/mol. The minimum Gasteiger partial charge on any atom is -0.360 e. The summed E-state index contributed by atoms with van der Waals surface area (Å²) in [6, 6.07) is 5.76. The van der Waals surface area contributed by atoms with Crippen molar-refractivity contribution in [2.24, 2.45) is 0 Å². The largest absolute Gasteiger partial charge is 0.360 e. The number of nitrogens with one attached hydrogen (secondary N) is 1. The van der Waals surface area contributed by atoms with Crippen LogP contribution in [0.1, 0.15) is 15.9 Å². The van der Waals surface area contributed by atoms with Gasteiger partial charge in [-0.3, -0.25) is 4.79 Å². The molecule has 19 heavy (non-hydrogen) atoms. The molecule has 0 amide bonds. The highest BCUT2D eigenvalue weighted by Crippen LogP contribution is 2.33. The molecule has 6 heteroatoms. The molecule has 2 nitrogen and oxygen atoms in total.